The van der Waals surface area contributed by atoms with Crippen LogP contribution < -0.4 is 15.5 Å². The summed E-state index contributed by atoms with van der Waals surface area (Å²) >= 11 is 0. The molecule has 4 bridgehead atoms. The number of piperidine rings is 2. The summed E-state index contributed by atoms with van der Waals surface area (Å²) < 4.78 is 0. The van der Waals surface area contributed by atoms with Crippen LogP contribution in [0.5, 0.6) is 0 Å². The predicted octanol–water partition coefficient (Wildman–Crippen LogP) is 16.9. The van der Waals surface area contributed by atoms with Gasteiger partial charge in [-0.3, -0.25) is 0 Å². The van der Waals surface area contributed by atoms with Crippen molar-refractivity contribution in [2.24, 2.45) is 11.8 Å². The zero-order chi connectivity index (χ0) is 43.8. The van der Waals surface area contributed by atoms with Gasteiger partial charge in [-0.25, -0.2) is 0 Å². The second-order valence-corrected chi connectivity index (χ2v) is 18.7. The van der Waals surface area contributed by atoms with Gasteiger partial charge in [-0.15, -0.1) is 0 Å². The summed E-state index contributed by atoms with van der Waals surface area (Å²) in [5.74, 6) is 1.72. The maximum Gasteiger partial charge on any atom is 0.0544 e. The third-order valence-corrected chi connectivity index (χ3v) is 14.5. The molecule has 0 amide bonds. The summed E-state index contributed by atoms with van der Waals surface area (Å²) in [7, 11) is 0. The van der Waals surface area contributed by atoms with Gasteiger partial charge in [0, 0.05) is 51.4 Å². The Kier molecular flexibility index (Phi) is 10.5. The summed E-state index contributed by atoms with van der Waals surface area (Å²) in [5, 5.41) is 8.32. The molecule has 0 spiro atoms. The third-order valence-electron chi connectivity index (χ3n) is 14.5. The van der Waals surface area contributed by atoms with Gasteiger partial charge in [-0.05, 0) is 131 Å². The van der Waals surface area contributed by atoms with E-state index in [1.807, 2.05) is 0 Å². The Hall–Kier alpha value is -7.62. The highest BCUT2D eigenvalue weighted by molar-refractivity contribution is 5.99. The fraction of sp³-hybridized carbons (Fsp3) is 0.143. The van der Waals surface area contributed by atoms with E-state index in [1.54, 1.807) is 0 Å². The number of rotatable bonds is 11. The summed E-state index contributed by atoms with van der Waals surface area (Å²) in [4.78, 5) is 2.83. The van der Waals surface area contributed by atoms with Crippen molar-refractivity contribution in [1.29, 1.82) is 0 Å². The largest absolute Gasteiger partial charge is 0.365 e. The molecular formula is C63H53N3. The molecule has 4 aliphatic rings. The van der Waals surface area contributed by atoms with Crippen molar-refractivity contribution in [1.82, 2.24) is 0 Å². The van der Waals surface area contributed by atoms with Gasteiger partial charge in [0.25, 0.3) is 0 Å². The lowest BCUT2D eigenvalue weighted by Gasteiger charge is -2.57. The molecule has 2 aliphatic carbocycles. The van der Waals surface area contributed by atoms with E-state index >= 15 is 0 Å². The average Bonchev–Trinajstić information content (AvgIpc) is 3.37. The van der Waals surface area contributed by atoms with Crippen molar-refractivity contribution >= 4 is 28.4 Å². The van der Waals surface area contributed by atoms with Gasteiger partial charge in [-0.1, -0.05) is 182 Å². The first-order valence-corrected chi connectivity index (χ1v) is 23.8. The van der Waals surface area contributed by atoms with Gasteiger partial charge >= 0.3 is 0 Å². The Labute approximate surface area is 389 Å². The maximum absolute atomic E-state index is 4.16. The highest BCUT2D eigenvalue weighted by Crippen LogP contribution is 2.52. The molecule has 3 nitrogen and oxygen atoms in total. The van der Waals surface area contributed by atoms with Gasteiger partial charge in [-0.2, -0.15) is 0 Å². The SMILES string of the molecule is c1ccc(-c2cc(-c3ccccc3)c(Nc3cc(Nc4c(-c5ccccc5)cc(-c5ccccc5)cc4-c4ccccc4)cc(N4C5CC6CC(C5)CC4C6)c3)c(-c3ccccc3)c2)cc1. The maximum atomic E-state index is 4.16. The first-order chi connectivity index (χ1) is 32.7. The minimum atomic E-state index is 0.569. The van der Waals surface area contributed by atoms with Gasteiger partial charge in [0.15, 0.2) is 0 Å². The summed E-state index contributed by atoms with van der Waals surface area (Å²) in [6.45, 7) is 0. The van der Waals surface area contributed by atoms with Crippen LogP contribution in [0.4, 0.5) is 28.4 Å². The van der Waals surface area contributed by atoms with Crippen LogP contribution in [0.15, 0.2) is 224 Å². The Morgan fingerprint density at radius 1 is 0.288 bits per heavy atom. The summed E-state index contributed by atoms with van der Waals surface area (Å²) in [6, 6.07) is 83.0. The molecule has 4 fully saturated rings. The predicted molar refractivity (Wildman–Crippen MR) is 279 cm³/mol. The molecule has 0 aromatic heterocycles. The van der Waals surface area contributed by atoms with Crippen molar-refractivity contribution in [2.45, 2.75) is 44.2 Å². The molecule has 0 atom stereocenters. The Morgan fingerprint density at radius 2 is 0.576 bits per heavy atom. The Morgan fingerprint density at radius 3 is 0.879 bits per heavy atom. The zero-order valence-corrected chi connectivity index (χ0v) is 37.2. The van der Waals surface area contributed by atoms with Crippen LogP contribution in [0.2, 0.25) is 0 Å². The lowest BCUT2D eigenvalue weighted by atomic mass is 9.63. The molecule has 9 aromatic carbocycles. The molecular weight excluding hydrogens is 799 g/mol. The van der Waals surface area contributed by atoms with Crippen LogP contribution in [0.25, 0.3) is 66.8 Å². The fourth-order valence-corrected chi connectivity index (χ4v) is 11.7. The van der Waals surface area contributed by atoms with E-state index in [4.69, 9.17) is 0 Å². The lowest BCUT2D eigenvalue weighted by molar-refractivity contribution is 0.0900. The van der Waals surface area contributed by atoms with E-state index in [1.165, 1.54) is 105 Å². The molecule has 13 rings (SSSR count). The van der Waals surface area contributed by atoms with Crippen molar-refractivity contribution in [2.75, 3.05) is 15.5 Å². The number of anilines is 5. The number of hydrogen-bond acceptors (Lipinski definition) is 3. The highest BCUT2D eigenvalue weighted by atomic mass is 15.2. The minimum absolute atomic E-state index is 0.569. The summed E-state index contributed by atoms with van der Waals surface area (Å²) in [6.07, 6.45) is 6.59. The zero-order valence-electron chi connectivity index (χ0n) is 37.2. The van der Waals surface area contributed by atoms with Crippen molar-refractivity contribution in [3.63, 3.8) is 0 Å². The fourth-order valence-electron chi connectivity index (χ4n) is 11.7. The van der Waals surface area contributed by atoms with E-state index in [0.29, 0.717) is 12.1 Å². The van der Waals surface area contributed by atoms with Crippen LogP contribution in [-0.4, -0.2) is 12.1 Å². The van der Waals surface area contributed by atoms with Gasteiger partial charge < -0.3 is 15.5 Å². The first kappa shape index (κ1) is 39.9. The standard InChI is InChI=1S/C63H53N3/c1-7-19-45(20-8-1)51-36-58(47-23-11-3-12-24-47)62(59(37-51)48-25-13-4-14-26-48)64-53-40-54(42-57(41-53)66-55-32-43-31-44(34-55)35-56(66)33-43)65-63-60(49-27-15-5-16-28-49)38-52(46-21-9-2-10-22-46)39-61(63)50-29-17-6-18-30-50/h1-30,36-44,55-56,64-65H,31-35H2. The molecule has 320 valence electrons. The number of nitrogens with one attached hydrogen (secondary N) is 2. The van der Waals surface area contributed by atoms with Gasteiger partial charge in [0.2, 0.25) is 0 Å². The Balaban J connectivity index is 1.06. The van der Waals surface area contributed by atoms with Crippen LogP contribution in [0.3, 0.4) is 0 Å². The highest BCUT2D eigenvalue weighted by Gasteiger charge is 2.47. The topological polar surface area (TPSA) is 27.3 Å². The molecule has 9 aromatic rings. The van der Waals surface area contributed by atoms with Gasteiger partial charge in [0.05, 0.1) is 11.4 Å². The molecule has 2 heterocycles. The molecule has 0 unspecified atom stereocenters. The van der Waals surface area contributed by atoms with E-state index in [2.05, 4.69) is 240 Å². The van der Waals surface area contributed by atoms with E-state index < -0.39 is 0 Å². The smallest absolute Gasteiger partial charge is 0.0544 e. The lowest BCUT2D eigenvalue weighted by Crippen LogP contribution is -2.58. The van der Waals surface area contributed by atoms with Crippen molar-refractivity contribution in [3.05, 3.63) is 224 Å². The van der Waals surface area contributed by atoms with Crippen LogP contribution in [0, 0.1) is 11.8 Å². The normalized spacial score (nSPS) is 18.3. The first-order valence-electron chi connectivity index (χ1n) is 23.8. The number of nitrogens with zero attached hydrogens (tertiary/aromatic N) is 1. The molecule has 3 heteroatoms. The molecule has 2 N–H and O–H groups in total. The van der Waals surface area contributed by atoms with Crippen LogP contribution in [0.1, 0.15) is 32.1 Å². The second-order valence-electron chi connectivity index (χ2n) is 18.7. The molecule has 2 saturated carbocycles. The minimum Gasteiger partial charge on any atom is -0.365 e. The number of hydrogen-bond donors (Lipinski definition) is 2. The van der Waals surface area contributed by atoms with Crippen LogP contribution in [-0.2, 0) is 0 Å². The van der Waals surface area contributed by atoms with E-state index in [9.17, 15) is 0 Å². The van der Waals surface area contributed by atoms with E-state index in [-0.39, 0.29) is 0 Å². The van der Waals surface area contributed by atoms with Gasteiger partial charge in [0.1, 0.15) is 0 Å². The molecule has 2 saturated heterocycles. The average molecular weight is 852 g/mol. The summed E-state index contributed by atoms with van der Waals surface area (Å²) in [5.41, 5.74) is 19.7. The quantitative estimate of drug-likeness (QED) is 0.136. The molecule has 0 radical (unpaired) electrons. The second kappa shape index (κ2) is 17.4. The van der Waals surface area contributed by atoms with E-state index in [0.717, 1.165) is 34.6 Å². The Bertz CT molecular complexity index is 2770. The monoisotopic (exact) mass is 851 g/mol. The molecule has 66 heavy (non-hydrogen) atoms. The van der Waals surface area contributed by atoms with Crippen molar-refractivity contribution in [3.8, 4) is 66.8 Å². The third kappa shape index (κ3) is 7.85. The van der Waals surface area contributed by atoms with Crippen molar-refractivity contribution < 1.29 is 0 Å². The molecule has 2 aliphatic heterocycles. The number of benzene rings is 9. The van der Waals surface area contributed by atoms with Crippen LogP contribution >= 0.6 is 0 Å².